The summed E-state index contributed by atoms with van der Waals surface area (Å²) in [6.07, 6.45) is 0. The predicted molar refractivity (Wildman–Crippen MR) is 95.4 cm³/mol. The molecule has 0 aliphatic carbocycles. The van der Waals surface area contributed by atoms with Crippen LogP contribution in [0.2, 0.25) is 0 Å². The number of rotatable bonds is 7. The van der Waals surface area contributed by atoms with Crippen molar-refractivity contribution in [2.75, 3.05) is 18.4 Å². The van der Waals surface area contributed by atoms with E-state index in [-0.39, 0.29) is 0 Å². The third kappa shape index (κ3) is 3.89. The summed E-state index contributed by atoms with van der Waals surface area (Å²) in [6, 6.07) is 10.1. The Hall–Kier alpha value is -2.26. The van der Waals surface area contributed by atoms with Crippen molar-refractivity contribution in [3.8, 4) is 5.75 Å². The van der Waals surface area contributed by atoms with E-state index in [9.17, 15) is 5.11 Å². The minimum absolute atomic E-state index is 0.300. The zero-order valence-electron chi connectivity index (χ0n) is 13.4. The quantitative estimate of drug-likeness (QED) is 0.530. The van der Waals surface area contributed by atoms with Crippen LogP contribution in [-0.4, -0.2) is 18.2 Å². The zero-order chi connectivity index (χ0) is 16.1. The number of phenolic OH excluding ortho intramolecular Hbond substituents is 1. The molecule has 3 N–H and O–H groups in total. The summed E-state index contributed by atoms with van der Waals surface area (Å²) >= 11 is 0. The third-order valence-corrected chi connectivity index (χ3v) is 3.41. The molecule has 22 heavy (non-hydrogen) atoms. The van der Waals surface area contributed by atoms with E-state index < -0.39 is 0 Å². The Morgan fingerprint density at radius 2 is 1.77 bits per heavy atom. The van der Waals surface area contributed by atoms with Gasteiger partial charge in [-0.05, 0) is 25.3 Å². The highest BCUT2D eigenvalue weighted by Gasteiger charge is 2.12. The summed E-state index contributed by atoms with van der Waals surface area (Å²) in [4.78, 5) is 0. The molecule has 2 aromatic carbocycles. The lowest BCUT2D eigenvalue weighted by atomic mass is 10.0. The second-order valence-corrected chi connectivity index (χ2v) is 5.85. The standard InChI is InChI=1S/C19H24N2O/c1-13(2)10-20-12-16-9-15-7-5-6-8-17(15)18(19(16)22)21-11-14(3)4/h5-9,20-22H,1,3,10-12H2,2,4H3. The normalized spacial score (nSPS) is 10.6. The average molecular weight is 296 g/mol. The first-order valence-electron chi connectivity index (χ1n) is 7.46. The minimum atomic E-state index is 0.300. The monoisotopic (exact) mass is 296 g/mol. The van der Waals surface area contributed by atoms with E-state index in [2.05, 4.69) is 29.9 Å². The molecule has 2 aromatic rings. The number of hydrogen-bond donors (Lipinski definition) is 3. The molecule has 0 aliphatic heterocycles. The third-order valence-electron chi connectivity index (χ3n) is 3.41. The highest BCUT2D eigenvalue weighted by molar-refractivity contribution is 5.98. The number of hydrogen-bond acceptors (Lipinski definition) is 3. The molecule has 0 amide bonds. The summed E-state index contributed by atoms with van der Waals surface area (Å²) in [5, 5.41) is 19.3. The van der Waals surface area contributed by atoms with Gasteiger partial charge in [-0.1, -0.05) is 48.6 Å². The van der Waals surface area contributed by atoms with Crippen molar-refractivity contribution in [3.63, 3.8) is 0 Å². The van der Waals surface area contributed by atoms with Gasteiger partial charge >= 0.3 is 0 Å². The Morgan fingerprint density at radius 1 is 1.09 bits per heavy atom. The molecule has 2 rings (SSSR count). The molecule has 0 atom stereocenters. The van der Waals surface area contributed by atoms with Crippen LogP contribution in [0.4, 0.5) is 5.69 Å². The topological polar surface area (TPSA) is 44.3 Å². The fourth-order valence-electron chi connectivity index (χ4n) is 2.36. The maximum Gasteiger partial charge on any atom is 0.143 e. The van der Waals surface area contributed by atoms with Crippen molar-refractivity contribution in [1.29, 1.82) is 0 Å². The molecule has 0 fully saturated rings. The molecule has 116 valence electrons. The lowest BCUT2D eigenvalue weighted by molar-refractivity contribution is 0.468. The molecule has 3 heteroatoms. The van der Waals surface area contributed by atoms with Crippen molar-refractivity contribution >= 4 is 16.5 Å². The molecule has 0 saturated carbocycles. The molecule has 0 unspecified atom stereocenters. The van der Waals surface area contributed by atoms with Gasteiger partial charge in [0.1, 0.15) is 5.75 Å². The molecular formula is C19H24N2O. The van der Waals surface area contributed by atoms with E-state index in [0.29, 0.717) is 18.8 Å². The van der Waals surface area contributed by atoms with Crippen molar-refractivity contribution in [1.82, 2.24) is 5.32 Å². The maximum absolute atomic E-state index is 10.6. The van der Waals surface area contributed by atoms with Crippen molar-refractivity contribution in [3.05, 3.63) is 60.2 Å². The summed E-state index contributed by atoms with van der Waals surface area (Å²) in [5.41, 5.74) is 3.74. The van der Waals surface area contributed by atoms with Crippen LogP contribution in [0, 0.1) is 0 Å². The average Bonchev–Trinajstić information content (AvgIpc) is 2.46. The first kappa shape index (κ1) is 16.1. The molecule has 0 aliphatic rings. The highest BCUT2D eigenvalue weighted by atomic mass is 16.3. The van der Waals surface area contributed by atoms with Gasteiger partial charge in [0.05, 0.1) is 5.69 Å². The molecule has 3 nitrogen and oxygen atoms in total. The highest BCUT2D eigenvalue weighted by Crippen LogP contribution is 2.36. The van der Waals surface area contributed by atoms with Gasteiger partial charge in [0, 0.05) is 30.6 Å². The van der Waals surface area contributed by atoms with E-state index in [1.165, 1.54) is 0 Å². The number of aromatic hydroxyl groups is 1. The van der Waals surface area contributed by atoms with Gasteiger partial charge in [0.25, 0.3) is 0 Å². The van der Waals surface area contributed by atoms with Gasteiger partial charge in [-0.2, -0.15) is 0 Å². The zero-order valence-corrected chi connectivity index (χ0v) is 13.4. The second-order valence-electron chi connectivity index (χ2n) is 5.85. The largest absolute Gasteiger partial charge is 0.505 e. The molecular weight excluding hydrogens is 272 g/mol. The predicted octanol–water partition coefficient (Wildman–Crippen LogP) is 4.20. The molecule has 0 bridgehead atoms. The Morgan fingerprint density at radius 3 is 2.45 bits per heavy atom. The fourth-order valence-corrected chi connectivity index (χ4v) is 2.36. The van der Waals surface area contributed by atoms with Crippen LogP contribution in [-0.2, 0) is 6.54 Å². The van der Waals surface area contributed by atoms with Crippen molar-refractivity contribution in [2.45, 2.75) is 20.4 Å². The van der Waals surface area contributed by atoms with Crippen LogP contribution >= 0.6 is 0 Å². The van der Waals surface area contributed by atoms with Crippen LogP contribution in [0.5, 0.6) is 5.75 Å². The Labute approximate surface area is 132 Å². The van der Waals surface area contributed by atoms with Gasteiger partial charge in [-0.15, -0.1) is 0 Å². The fraction of sp³-hybridized carbons (Fsp3) is 0.263. The summed E-state index contributed by atoms with van der Waals surface area (Å²) in [6.45, 7) is 13.7. The van der Waals surface area contributed by atoms with Crippen molar-refractivity contribution in [2.24, 2.45) is 0 Å². The van der Waals surface area contributed by atoms with Gasteiger partial charge < -0.3 is 15.7 Å². The number of nitrogens with one attached hydrogen (secondary N) is 2. The lowest BCUT2D eigenvalue weighted by Gasteiger charge is -2.16. The molecule has 0 heterocycles. The van der Waals surface area contributed by atoms with E-state index >= 15 is 0 Å². The summed E-state index contributed by atoms with van der Waals surface area (Å²) in [7, 11) is 0. The summed E-state index contributed by atoms with van der Waals surface area (Å²) in [5.74, 6) is 0.300. The Bertz CT molecular complexity index is 704. The SMILES string of the molecule is C=C(C)CNCc1cc2ccccc2c(NCC(=C)C)c1O. The molecule has 0 aromatic heterocycles. The first-order valence-corrected chi connectivity index (χ1v) is 7.46. The summed E-state index contributed by atoms with van der Waals surface area (Å²) < 4.78 is 0. The molecule has 0 saturated heterocycles. The van der Waals surface area contributed by atoms with Gasteiger partial charge in [0.15, 0.2) is 0 Å². The number of fused-ring (bicyclic) bond motifs is 1. The van der Waals surface area contributed by atoms with Crippen LogP contribution < -0.4 is 10.6 Å². The Kier molecular flexibility index (Phi) is 5.23. The second kappa shape index (κ2) is 7.14. The van der Waals surface area contributed by atoms with Crippen LogP contribution in [0.3, 0.4) is 0 Å². The molecule has 0 spiro atoms. The van der Waals surface area contributed by atoms with Crippen molar-refractivity contribution < 1.29 is 5.11 Å². The van der Waals surface area contributed by atoms with Crippen LogP contribution in [0.15, 0.2) is 54.6 Å². The van der Waals surface area contributed by atoms with Gasteiger partial charge in [-0.3, -0.25) is 0 Å². The number of benzene rings is 2. The van der Waals surface area contributed by atoms with E-state index in [1.54, 1.807) is 0 Å². The smallest absolute Gasteiger partial charge is 0.143 e. The number of phenols is 1. The van der Waals surface area contributed by atoms with E-state index in [4.69, 9.17) is 0 Å². The molecule has 0 radical (unpaired) electrons. The van der Waals surface area contributed by atoms with E-state index in [0.717, 1.165) is 39.7 Å². The van der Waals surface area contributed by atoms with E-state index in [1.807, 2.05) is 38.1 Å². The van der Waals surface area contributed by atoms with Crippen LogP contribution in [0.1, 0.15) is 19.4 Å². The van der Waals surface area contributed by atoms with Gasteiger partial charge in [-0.25, -0.2) is 0 Å². The van der Waals surface area contributed by atoms with Crippen LogP contribution in [0.25, 0.3) is 10.8 Å². The van der Waals surface area contributed by atoms with Gasteiger partial charge in [0.2, 0.25) is 0 Å². The number of anilines is 1. The maximum atomic E-state index is 10.6. The minimum Gasteiger partial charge on any atom is -0.505 e. The first-order chi connectivity index (χ1) is 10.5. The Balaban J connectivity index is 2.37. The lowest BCUT2D eigenvalue weighted by Crippen LogP contribution is -2.15.